The zero-order valence-electron chi connectivity index (χ0n) is 20.6. The average molecular weight is 546 g/mol. The number of aromatic nitrogens is 2. The van der Waals surface area contributed by atoms with E-state index in [1.54, 1.807) is 53.9 Å². The van der Waals surface area contributed by atoms with E-state index in [4.69, 9.17) is 0 Å². The van der Waals surface area contributed by atoms with Crippen molar-refractivity contribution in [2.24, 2.45) is 0 Å². The van der Waals surface area contributed by atoms with Crippen LogP contribution in [-0.2, 0) is 13.1 Å². The van der Waals surface area contributed by atoms with E-state index in [2.05, 4.69) is 15.6 Å². The molecule has 0 bridgehead atoms. The van der Waals surface area contributed by atoms with Gasteiger partial charge in [-0.15, -0.1) is 11.3 Å². The van der Waals surface area contributed by atoms with E-state index < -0.39 is 24.9 Å². The topological polar surface area (TPSA) is 62.2 Å². The third-order valence-corrected chi connectivity index (χ3v) is 7.52. The predicted octanol–water partition coefficient (Wildman–Crippen LogP) is 5.71. The molecule has 4 aromatic rings. The van der Waals surface area contributed by atoms with Crippen LogP contribution >= 0.6 is 11.3 Å². The number of hydrogen-bond acceptors (Lipinski definition) is 5. The van der Waals surface area contributed by atoms with E-state index in [9.17, 15) is 22.4 Å². The maximum atomic E-state index is 14.7. The molecule has 0 spiro atoms. The molecule has 1 amide bonds. The SMILES string of the molecule is CN1CC[C@@H](Nc2cccc3c2cc(-c2nc(CNC(=O)c4ccccc4)cs2)n3CC(F)(F)F)[C@@H](F)C1. The lowest BCUT2D eigenvalue weighted by Crippen LogP contribution is -2.46. The number of anilines is 1. The van der Waals surface area contributed by atoms with Gasteiger partial charge in [0.25, 0.3) is 5.91 Å². The molecule has 1 saturated heterocycles. The molecular weight excluding hydrogens is 518 g/mol. The third kappa shape index (κ3) is 5.83. The summed E-state index contributed by atoms with van der Waals surface area (Å²) in [5.41, 5.74) is 2.35. The Balaban J connectivity index is 1.44. The lowest BCUT2D eigenvalue weighted by atomic mass is 10.0. The van der Waals surface area contributed by atoms with Crippen molar-refractivity contribution in [1.82, 2.24) is 19.8 Å². The number of benzene rings is 2. The van der Waals surface area contributed by atoms with E-state index in [1.807, 2.05) is 18.0 Å². The van der Waals surface area contributed by atoms with Gasteiger partial charge >= 0.3 is 6.18 Å². The van der Waals surface area contributed by atoms with Crippen molar-refractivity contribution in [2.75, 3.05) is 25.5 Å². The van der Waals surface area contributed by atoms with E-state index in [0.29, 0.717) is 51.5 Å². The van der Waals surface area contributed by atoms with Gasteiger partial charge < -0.3 is 20.1 Å². The van der Waals surface area contributed by atoms with Crippen LogP contribution in [0.15, 0.2) is 60.0 Å². The summed E-state index contributed by atoms with van der Waals surface area (Å²) in [7, 11) is 1.86. The first-order valence-corrected chi connectivity index (χ1v) is 13.1. The summed E-state index contributed by atoms with van der Waals surface area (Å²) in [4.78, 5) is 18.8. The Kier molecular flexibility index (Phi) is 7.40. The molecule has 38 heavy (non-hydrogen) atoms. The average Bonchev–Trinajstić information content (AvgIpc) is 3.49. The lowest BCUT2D eigenvalue weighted by molar-refractivity contribution is -0.139. The minimum absolute atomic E-state index is 0.143. The Hall–Kier alpha value is -3.44. The van der Waals surface area contributed by atoms with Crippen LogP contribution < -0.4 is 10.6 Å². The Morgan fingerprint density at radius 1 is 1.16 bits per heavy atom. The smallest absolute Gasteiger partial charge is 0.379 e. The molecular formula is C27H27F4N5OS. The Morgan fingerprint density at radius 3 is 2.68 bits per heavy atom. The van der Waals surface area contributed by atoms with Gasteiger partial charge in [-0.3, -0.25) is 4.79 Å². The number of hydrogen-bond donors (Lipinski definition) is 2. The summed E-state index contributed by atoms with van der Waals surface area (Å²) in [6.45, 7) is -0.00671. The van der Waals surface area contributed by atoms with E-state index in [0.717, 1.165) is 6.54 Å². The maximum absolute atomic E-state index is 14.7. The van der Waals surface area contributed by atoms with Crippen LogP contribution in [0.4, 0.5) is 23.2 Å². The van der Waals surface area contributed by atoms with Gasteiger partial charge in [0.2, 0.25) is 0 Å². The zero-order chi connectivity index (χ0) is 26.9. The van der Waals surface area contributed by atoms with Crippen molar-refractivity contribution in [1.29, 1.82) is 0 Å². The number of alkyl halides is 4. The predicted molar refractivity (Wildman–Crippen MR) is 141 cm³/mol. The van der Waals surface area contributed by atoms with Gasteiger partial charge in [0.1, 0.15) is 17.7 Å². The molecule has 0 saturated carbocycles. The van der Waals surface area contributed by atoms with Gasteiger partial charge in [0.15, 0.2) is 0 Å². The highest BCUT2D eigenvalue weighted by molar-refractivity contribution is 7.13. The second-order valence-corrected chi connectivity index (χ2v) is 10.3. The molecule has 200 valence electrons. The molecule has 1 aliphatic rings. The molecule has 0 aliphatic carbocycles. The number of nitrogens with one attached hydrogen (secondary N) is 2. The van der Waals surface area contributed by atoms with Gasteiger partial charge in [-0.2, -0.15) is 13.2 Å². The molecule has 2 N–H and O–H groups in total. The van der Waals surface area contributed by atoms with E-state index in [-0.39, 0.29) is 12.5 Å². The van der Waals surface area contributed by atoms with Crippen molar-refractivity contribution >= 4 is 33.8 Å². The summed E-state index contributed by atoms with van der Waals surface area (Å²) >= 11 is 1.21. The number of fused-ring (bicyclic) bond motifs is 1. The summed E-state index contributed by atoms with van der Waals surface area (Å²) < 4.78 is 56.8. The summed E-state index contributed by atoms with van der Waals surface area (Å²) in [6, 6.07) is 15.1. The first kappa shape index (κ1) is 26.2. The molecule has 1 fully saturated rings. The molecule has 3 heterocycles. The van der Waals surface area contributed by atoms with Crippen LogP contribution in [0.3, 0.4) is 0 Å². The molecule has 1 aliphatic heterocycles. The first-order chi connectivity index (χ1) is 18.2. The van der Waals surface area contributed by atoms with Crippen molar-refractivity contribution in [3.05, 3.63) is 71.2 Å². The van der Waals surface area contributed by atoms with E-state index in [1.165, 1.54) is 15.9 Å². The molecule has 6 nitrogen and oxygen atoms in total. The van der Waals surface area contributed by atoms with Crippen LogP contribution in [0.25, 0.3) is 21.6 Å². The minimum Gasteiger partial charge on any atom is -0.379 e. The highest BCUT2D eigenvalue weighted by Crippen LogP contribution is 2.37. The molecule has 0 radical (unpaired) electrons. The fraction of sp³-hybridized carbons (Fsp3) is 0.333. The number of rotatable bonds is 7. The van der Waals surface area contributed by atoms with Crippen LogP contribution in [0, 0.1) is 0 Å². The van der Waals surface area contributed by atoms with Crippen LogP contribution in [0.5, 0.6) is 0 Å². The number of piperidine rings is 1. The quantitative estimate of drug-likeness (QED) is 0.292. The number of carbonyl (C=O) groups excluding carboxylic acids is 1. The lowest BCUT2D eigenvalue weighted by Gasteiger charge is -2.33. The molecule has 5 rings (SSSR count). The third-order valence-electron chi connectivity index (χ3n) is 6.61. The number of carbonyl (C=O) groups is 1. The van der Waals surface area contributed by atoms with E-state index >= 15 is 0 Å². The van der Waals surface area contributed by atoms with Gasteiger partial charge in [0.05, 0.1) is 29.5 Å². The van der Waals surface area contributed by atoms with Gasteiger partial charge in [-0.25, -0.2) is 9.37 Å². The second-order valence-electron chi connectivity index (χ2n) is 9.48. The molecule has 2 aromatic heterocycles. The Bertz CT molecular complexity index is 1420. The first-order valence-electron chi connectivity index (χ1n) is 12.2. The van der Waals surface area contributed by atoms with Crippen molar-refractivity contribution < 1.29 is 22.4 Å². The van der Waals surface area contributed by atoms with Crippen LogP contribution in [-0.4, -0.2) is 58.9 Å². The highest BCUT2D eigenvalue weighted by Gasteiger charge is 2.32. The van der Waals surface area contributed by atoms with Crippen molar-refractivity contribution in [3.8, 4) is 10.7 Å². The highest BCUT2D eigenvalue weighted by atomic mass is 32.1. The number of thiazole rings is 1. The maximum Gasteiger partial charge on any atom is 0.406 e. The second kappa shape index (κ2) is 10.7. The number of nitrogens with zero attached hydrogens (tertiary/aromatic N) is 3. The van der Waals surface area contributed by atoms with Gasteiger partial charge in [0, 0.05) is 35.1 Å². The normalized spacial score (nSPS) is 18.6. The van der Waals surface area contributed by atoms with Crippen molar-refractivity contribution in [2.45, 2.75) is 37.9 Å². The Labute approximate surface area is 221 Å². The van der Waals surface area contributed by atoms with Crippen LogP contribution in [0.1, 0.15) is 22.5 Å². The van der Waals surface area contributed by atoms with Gasteiger partial charge in [-0.05, 0) is 43.8 Å². The number of likely N-dealkylation sites (tertiary alicyclic amines) is 1. The van der Waals surface area contributed by atoms with Gasteiger partial charge in [-0.1, -0.05) is 24.3 Å². The van der Waals surface area contributed by atoms with Crippen molar-refractivity contribution in [3.63, 3.8) is 0 Å². The number of amides is 1. The molecule has 11 heteroatoms. The number of halogens is 4. The summed E-state index contributed by atoms with van der Waals surface area (Å²) in [5.74, 6) is -0.262. The fourth-order valence-corrected chi connectivity index (χ4v) is 5.57. The molecule has 2 atom stereocenters. The Morgan fingerprint density at radius 2 is 1.95 bits per heavy atom. The largest absolute Gasteiger partial charge is 0.406 e. The minimum atomic E-state index is -4.45. The summed E-state index contributed by atoms with van der Waals surface area (Å²) in [6.07, 6.45) is -4.95. The van der Waals surface area contributed by atoms with Crippen LogP contribution in [0.2, 0.25) is 0 Å². The zero-order valence-corrected chi connectivity index (χ0v) is 21.5. The monoisotopic (exact) mass is 545 g/mol. The molecule has 0 unspecified atom stereocenters. The standard InChI is InChI=1S/C27H27F4N5OS/c1-35-11-10-22(20(28)14-35)34-21-8-5-9-23-19(21)12-24(36(23)16-27(29,30)31)26-33-18(15-38-26)13-32-25(37)17-6-3-2-4-7-17/h2-9,12,15,20,22,34H,10-11,13-14,16H2,1H3,(H,32,37)/t20-,22+/m0/s1. The fourth-order valence-electron chi connectivity index (χ4n) is 4.72. The summed E-state index contributed by atoms with van der Waals surface area (Å²) in [5, 5.41) is 8.74. The molecule has 2 aromatic carbocycles.